The number of halogens is 1. The minimum atomic E-state index is -3.83. The predicted molar refractivity (Wildman–Crippen MR) is 124 cm³/mol. The summed E-state index contributed by atoms with van der Waals surface area (Å²) < 4.78 is 30.4. The topological polar surface area (TPSA) is 103 Å². The number of hydrogen-bond donors (Lipinski definition) is 2. The lowest BCUT2D eigenvalue weighted by atomic mass is 9.87. The van der Waals surface area contributed by atoms with Gasteiger partial charge in [-0.1, -0.05) is 44.5 Å². The molecule has 2 aromatic heterocycles. The van der Waals surface area contributed by atoms with Crippen LogP contribution in [0.4, 0.5) is 11.5 Å². The highest BCUT2D eigenvalue weighted by atomic mass is 35.5. The standard InChI is InChI=1S/C22H22ClN5O2S/c1-22(2,3)14-4-7-16(8-5-14)31(29,30)27-18-9-6-15(23)12-20(18)28-19-10-11-25-21(24)17(19)13-26-28/h4-13,27H,1-3H3,(H2,24,25). The van der Waals surface area contributed by atoms with Crippen molar-refractivity contribution in [1.82, 2.24) is 14.8 Å². The molecule has 2 aromatic carbocycles. The SMILES string of the molecule is CC(C)(C)c1ccc(S(=O)(=O)Nc2ccc(Cl)cc2-n2ncc3c(N)nccc32)cc1. The van der Waals surface area contributed by atoms with Crippen molar-refractivity contribution in [2.75, 3.05) is 10.5 Å². The number of nitrogen functional groups attached to an aromatic ring is 1. The number of anilines is 2. The van der Waals surface area contributed by atoms with Gasteiger partial charge in [0.2, 0.25) is 0 Å². The Bertz CT molecular complexity index is 1370. The Morgan fingerprint density at radius 2 is 1.77 bits per heavy atom. The molecule has 0 amide bonds. The van der Waals surface area contributed by atoms with Crippen LogP contribution in [0.3, 0.4) is 0 Å². The molecular weight excluding hydrogens is 434 g/mol. The van der Waals surface area contributed by atoms with Gasteiger partial charge in [0.05, 0.1) is 33.4 Å². The zero-order chi connectivity index (χ0) is 22.4. The normalized spacial score (nSPS) is 12.3. The minimum absolute atomic E-state index is 0.0725. The van der Waals surface area contributed by atoms with Crippen molar-refractivity contribution < 1.29 is 8.42 Å². The summed E-state index contributed by atoms with van der Waals surface area (Å²) in [6, 6.07) is 13.5. The average Bonchev–Trinajstić information content (AvgIpc) is 3.14. The van der Waals surface area contributed by atoms with Crippen LogP contribution in [0, 0.1) is 0 Å². The molecule has 3 N–H and O–H groups in total. The smallest absolute Gasteiger partial charge is 0.261 e. The molecule has 0 aliphatic heterocycles. The number of sulfonamides is 1. The van der Waals surface area contributed by atoms with Gasteiger partial charge in [-0.25, -0.2) is 18.1 Å². The molecule has 4 aromatic rings. The van der Waals surface area contributed by atoms with E-state index in [0.29, 0.717) is 33.1 Å². The summed E-state index contributed by atoms with van der Waals surface area (Å²) >= 11 is 6.21. The van der Waals surface area contributed by atoms with Gasteiger partial charge in [0, 0.05) is 11.2 Å². The number of benzene rings is 2. The highest BCUT2D eigenvalue weighted by Gasteiger charge is 2.20. The van der Waals surface area contributed by atoms with Crippen LogP contribution in [0.1, 0.15) is 26.3 Å². The average molecular weight is 456 g/mol. The summed E-state index contributed by atoms with van der Waals surface area (Å²) in [5, 5.41) is 5.48. The van der Waals surface area contributed by atoms with Crippen LogP contribution in [-0.2, 0) is 15.4 Å². The first-order chi connectivity index (χ1) is 14.6. The predicted octanol–water partition coefficient (Wildman–Crippen LogP) is 4.75. The maximum atomic E-state index is 13.1. The maximum Gasteiger partial charge on any atom is 0.261 e. The lowest BCUT2D eigenvalue weighted by Gasteiger charge is -2.19. The highest BCUT2D eigenvalue weighted by molar-refractivity contribution is 7.92. The molecular formula is C22H22ClN5O2S. The maximum absolute atomic E-state index is 13.1. The summed E-state index contributed by atoms with van der Waals surface area (Å²) in [7, 11) is -3.83. The van der Waals surface area contributed by atoms with Crippen molar-refractivity contribution in [3.8, 4) is 5.69 Å². The fraction of sp³-hybridized carbons (Fsp3) is 0.182. The van der Waals surface area contributed by atoms with Gasteiger partial charge in [0.1, 0.15) is 5.82 Å². The molecule has 0 saturated heterocycles. The fourth-order valence-corrected chi connectivity index (χ4v) is 4.51. The number of nitrogens with one attached hydrogen (secondary N) is 1. The number of aromatic nitrogens is 3. The van der Waals surface area contributed by atoms with Gasteiger partial charge >= 0.3 is 0 Å². The van der Waals surface area contributed by atoms with E-state index in [1.54, 1.807) is 53.5 Å². The fourth-order valence-electron chi connectivity index (χ4n) is 3.27. The van der Waals surface area contributed by atoms with E-state index in [4.69, 9.17) is 17.3 Å². The van der Waals surface area contributed by atoms with E-state index in [1.807, 2.05) is 12.1 Å². The van der Waals surface area contributed by atoms with Crippen LogP contribution in [0.25, 0.3) is 16.6 Å². The second kappa shape index (κ2) is 7.55. The van der Waals surface area contributed by atoms with Gasteiger partial charge < -0.3 is 5.73 Å². The van der Waals surface area contributed by atoms with Crippen molar-refractivity contribution >= 4 is 44.0 Å². The Kier molecular flexibility index (Phi) is 5.15. The van der Waals surface area contributed by atoms with Gasteiger partial charge in [-0.2, -0.15) is 5.10 Å². The van der Waals surface area contributed by atoms with Crippen LogP contribution < -0.4 is 10.5 Å². The first-order valence-electron chi connectivity index (χ1n) is 9.58. The quantitative estimate of drug-likeness (QED) is 0.462. The second-order valence-electron chi connectivity index (χ2n) is 8.23. The molecule has 160 valence electrons. The van der Waals surface area contributed by atoms with E-state index in [9.17, 15) is 8.42 Å². The molecule has 0 bridgehead atoms. The molecule has 0 aliphatic rings. The lowest BCUT2D eigenvalue weighted by Crippen LogP contribution is -2.16. The second-order valence-corrected chi connectivity index (χ2v) is 10.3. The van der Waals surface area contributed by atoms with Crippen LogP contribution in [0.5, 0.6) is 0 Å². The van der Waals surface area contributed by atoms with Crippen LogP contribution >= 0.6 is 11.6 Å². The summed E-state index contributed by atoms with van der Waals surface area (Å²) in [5.74, 6) is 0.340. The Hall–Kier alpha value is -3.10. The molecule has 0 radical (unpaired) electrons. The van der Waals surface area contributed by atoms with Crippen molar-refractivity contribution in [2.45, 2.75) is 31.1 Å². The van der Waals surface area contributed by atoms with Crippen LogP contribution in [0.2, 0.25) is 5.02 Å². The van der Waals surface area contributed by atoms with E-state index in [-0.39, 0.29) is 10.3 Å². The summed E-state index contributed by atoms with van der Waals surface area (Å²) in [4.78, 5) is 4.23. The van der Waals surface area contributed by atoms with Gasteiger partial charge in [-0.05, 0) is 47.4 Å². The van der Waals surface area contributed by atoms with E-state index in [0.717, 1.165) is 5.56 Å². The number of pyridine rings is 1. The van der Waals surface area contributed by atoms with Gasteiger partial charge in [-0.3, -0.25) is 4.72 Å². The summed E-state index contributed by atoms with van der Waals surface area (Å²) in [6.45, 7) is 6.22. The largest absolute Gasteiger partial charge is 0.383 e. The third-order valence-electron chi connectivity index (χ3n) is 4.99. The summed E-state index contributed by atoms with van der Waals surface area (Å²) in [5.41, 5.74) is 8.41. The van der Waals surface area contributed by atoms with Gasteiger partial charge in [-0.15, -0.1) is 0 Å². The highest BCUT2D eigenvalue weighted by Crippen LogP contribution is 2.30. The van der Waals surface area contributed by atoms with E-state index in [1.165, 1.54) is 0 Å². The van der Waals surface area contributed by atoms with E-state index < -0.39 is 10.0 Å². The molecule has 0 aliphatic carbocycles. The molecule has 0 saturated carbocycles. The van der Waals surface area contributed by atoms with E-state index >= 15 is 0 Å². The van der Waals surface area contributed by atoms with E-state index in [2.05, 4.69) is 35.6 Å². The molecule has 7 nitrogen and oxygen atoms in total. The Morgan fingerprint density at radius 1 is 1.06 bits per heavy atom. The Morgan fingerprint density at radius 3 is 2.45 bits per heavy atom. The molecule has 31 heavy (non-hydrogen) atoms. The molecule has 9 heteroatoms. The third kappa shape index (κ3) is 4.08. The van der Waals surface area contributed by atoms with Gasteiger partial charge in [0.15, 0.2) is 0 Å². The van der Waals surface area contributed by atoms with Gasteiger partial charge in [0.25, 0.3) is 10.0 Å². The number of rotatable bonds is 4. The number of nitrogens with two attached hydrogens (primary N) is 1. The van der Waals surface area contributed by atoms with Crippen molar-refractivity contribution in [3.63, 3.8) is 0 Å². The molecule has 4 rings (SSSR count). The van der Waals surface area contributed by atoms with Crippen molar-refractivity contribution in [3.05, 3.63) is 71.5 Å². The molecule has 2 heterocycles. The third-order valence-corrected chi connectivity index (χ3v) is 6.61. The summed E-state index contributed by atoms with van der Waals surface area (Å²) in [6.07, 6.45) is 3.16. The minimum Gasteiger partial charge on any atom is -0.383 e. The molecule has 0 unspecified atom stereocenters. The van der Waals surface area contributed by atoms with Crippen LogP contribution in [0.15, 0.2) is 65.8 Å². The monoisotopic (exact) mass is 455 g/mol. The Balaban J connectivity index is 1.76. The molecule has 0 spiro atoms. The zero-order valence-electron chi connectivity index (χ0n) is 17.3. The van der Waals surface area contributed by atoms with Crippen LogP contribution in [-0.4, -0.2) is 23.2 Å². The lowest BCUT2D eigenvalue weighted by molar-refractivity contribution is 0.587. The van der Waals surface area contributed by atoms with Crippen molar-refractivity contribution in [1.29, 1.82) is 0 Å². The Labute approximate surface area is 185 Å². The molecule has 0 fully saturated rings. The number of fused-ring (bicyclic) bond motifs is 1. The number of hydrogen-bond acceptors (Lipinski definition) is 5. The van der Waals surface area contributed by atoms with Crippen molar-refractivity contribution in [2.24, 2.45) is 0 Å². The first kappa shape index (κ1) is 21.1. The molecule has 0 atom stereocenters. The number of nitrogens with zero attached hydrogens (tertiary/aromatic N) is 3. The zero-order valence-corrected chi connectivity index (χ0v) is 18.9. The first-order valence-corrected chi connectivity index (χ1v) is 11.4.